The van der Waals surface area contributed by atoms with Crippen molar-refractivity contribution in [3.63, 3.8) is 0 Å². The number of carboxylic acids is 2. The molecule has 0 aromatic heterocycles. The second-order valence-corrected chi connectivity index (χ2v) is 2.77. The second kappa shape index (κ2) is 8.71. The van der Waals surface area contributed by atoms with Crippen LogP contribution in [-0.4, -0.2) is 26.7 Å². The van der Waals surface area contributed by atoms with Gasteiger partial charge in [-0.25, -0.2) is 0 Å². The first-order valence-electron chi connectivity index (χ1n) is 3.60. The van der Waals surface area contributed by atoms with Gasteiger partial charge >= 0.3 is 17.1 Å². The minimum absolute atomic E-state index is 0. The van der Waals surface area contributed by atoms with Crippen LogP contribution in [0.4, 0.5) is 0 Å². The average molecular weight is 310 g/mol. The summed E-state index contributed by atoms with van der Waals surface area (Å²) in [6.45, 7) is 0. The Balaban J connectivity index is 0. The van der Waals surface area contributed by atoms with Crippen LogP contribution in [0, 0.1) is 6.07 Å². The van der Waals surface area contributed by atoms with Crippen LogP contribution < -0.4 is 0 Å². The molecular weight excluding hydrogens is 304 g/mol. The molecule has 3 N–H and O–H groups in total. The molecule has 0 saturated carbocycles. The van der Waals surface area contributed by atoms with Crippen LogP contribution >= 0.6 is 0 Å². The molecule has 1 radical (unpaired) electrons. The summed E-state index contributed by atoms with van der Waals surface area (Å²) in [5.41, 5.74) is -0.148. The summed E-state index contributed by atoms with van der Waals surface area (Å²) >= 11 is 0. The van der Waals surface area contributed by atoms with Gasteiger partial charge in [-0.3, -0.25) is 9.59 Å². The smallest absolute Gasteiger partial charge is 0.487 e. The molecule has 0 saturated heterocycles. The van der Waals surface area contributed by atoms with Crippen molar-refractivity contribution in [2.45, 2.75) is 0 Å². The first-order valence-corrected chi connectivity index (χ1v) is 4.64. The SMILES string of the molecule is O=C(O)c1c[c-]cc(C(=O)O)c1.O=[S-](=O)O.[Cu+2]. The molecule has 1 aromatic rings. The number of hydrogen-bond acceptors (Lipinski definition) is 5. The van der Waals surface area contributed by atoms with Crippen LogP contribution in [0.1, 0.15) is 20.7 Å². The normalized spacial score (nSPS) is 8.59. The van der Waals surface area contributed by atoms with Crippen molar-refractivity contribution in [1.82, 2.24) is 0 Å². The fraction of sp³-hybridized carbons (Fsp3) is 0. The molecule has 0 unspecified atom stereocenters. The molecule has 1 aromatic carbocycles. The minimum atomic E-state index is -2.86. The Morgan fingerprint density at radius 1 is 1.06 bits per heavy atom. The van der Waals surface area contributed by atoms with Gasteiger partial charge in [0.05, 0.1) is 0 Å². The molecule has 0 aliphatic carbocycles. The molecule has 7 nitrogen and oxygen atoms in total. The van der Waals surface area contributed by atoms with Crippen LogP contribution in [0.3, 0.4) is 0 Å². The van der Waals surface area contributed by atoms with Gasteiger partial charge in [0.15, 0.2) is 0 Å². The van der Waals surface area contributed by atoms with Gasteiger partial charge in [0.1, 0.15) is 0 Å². The molecule has 0 heterocycles. The van der Waals surface area contributed by atoms with Crippen LogP contribution in [-0.2, 0) is 36.5 Å². The van der Waals surface area contributed by atoms with E-state index in [9.17, 15) is 9.59 Å². The predicted molar refractivity (Wildman–Crippen MR) is 50.6 cm³/mol. The Bertz CT molecular complexity index is 431. The molecule has 0 aliphatic heterocycles. The zero-order valence-corrected chi connectivity index (χ0v) is 9.67. The van der Waals surface area contributed by atoms with E-state index in [2.05, 4.69) is 6.07 Å². The summed E-state index contributed by atoms with van der Waals surface area (Å²) in [6.07, 6.45) is 0. The number of carbonyl (C=O) groups is 2. The maximum Gasteiger partial charge on any atom is 2.00 e. The molecule has 0 bridgehead atoms. The maximum absolute atomic E-state index is 10.4. The van der Waals surface area contributed by atoms with Crippen molar-refractivity contribution < 1.29 is 49.8 Å². The quantitative estimate of drug-likeness (QED) is 0.240. The summed E-state index contributed by atoms with van der Waals surface area (Å²) in [5, 5.41) is 17.0. The van der Waals surface area contributed by atoms with E-state index in [1.165, 1.54) is 12.1 Å². The summed E-state index contributed by atoms with van der Waals surface area (Å²) < 4.78 is 24.1. The Morgan fingerprint density at radius 3 is 1.59 bits per heavy atom. The van der Waals surface area contributed by atoms with Gasteiger partial charge in [0.2, 0.25) is 0 Å². The van der Waals surface area contributed by atoms with E-state index in [0.717, 1.165) is 6.07 Å². The van der Waals surface area contributed by atoms with Gasteiger partial charge in [-0.2, -0.15) is 18.2 Å². The molecule has 0 spiro atoms. The fourth-order valence-corrected chi connectivity index (χ4v) is 0.719. The van der Waals surface area contributed by atoms with Crippen molar-refractivity contribution in [1.29, 1.82) is 0 Å². The zero-order valence-electron chi connectivity index (χ0n) is 7.92. The third-order valence-electron chi connectivity index (χ3n) is 1.28. The predicted octanol–water partition coefficient (Wildman–Crippen LogP) is 0.649. The third-order valence-corrected chi connectivity index (χ3v) is 1.28. The van der Waals surface area contributed by atoms with Gasteiger partial charge in [0, 0.05) is 11.0 Å². The number of benzene rings is 1. The standard InChI is InChI=1S/C8H5O4.Cu.HO3S/c9-7(10)5-2-1-3-6(4-5)8(11)12;;1-4(2)3/h2-4H,(H,9,10)(H,11,12);;(H,1,2,3)/q-1;+2;-1. The molecule has 0 aliphatic rings. The van der Waals surface area contributed by atoms with Crippen molar-refractivity contribution >= 4 is 22.9 Å². The van der Waals surface area contributed by atoms with Gasteiger partial charge in [-0.15, -0.1) is 6.07 Å². The van der Waals surface area contributed by atoms with E-state index in [4.69, 9.17) is 23.2 Å². The largest absolute Gasteiger partial charge is 2.00 e. The van der Waals surface area contributed by atoms with Crippen LogP contribution in [0.25, 0.3) is 0 Å². The molecule has 0 fully saturated rings. The van der Waals surface area contributed by atoms with Crippen LogP contribution in [0.5, 0.6) is 0 Å². The molecule has 17 heavy (non-hydrogen) atoms. The summed E-state index contributed by atoms with van der Waals surface area (Å²) in [7, 11) is -2.86. The number of carboxylic acid groups (broad SMARTS) is 2. The van der Waals surface area contributed by atoms with E-state index in [1.54, 1.807) is 0 Å². The summed E-state index contributed by atoms with van der Waals surface area (Å²) in [5.74, 6) is -2.32. The van der Waals surface area contributed by atoms with Crippen LogP contribution in [0.2, 0.25) is 0 Å². The zero-order chi connectivity index (χ0) is 12.7. The molecular formula is C8H6CuO7S. The van der Waals surface area contributed by atoms with Gasteiger partial charge in [0.25, 0.3) is 11.9 Å². The summed E-state index contributed by atoms with van der Waals surface area (Å²) in [4.78, 5) is 20.7. The van der Waals surface area contributed by atoms with Crippen LogP contribution in [0.15, 0.2) is 18.2 Å². The molecule has 9 heteroatoms. The third kappa shape index (κ3) is 8.40. The topological polar surface area (TPSA) is 129 Å². The van der Waals surface area contributed by atoms with E-state index in [0.29, 0.717) is 0 Å². The average Bonchev–Trinajstić information content (AvgIpc) is 2.17. The minimum Gasteiger partial charge on any atom is -0.487 e. The van der Waals surface area contributed by atoms with E-state index in [-0.39, 0.29) is 28.2 Å². The van der Waals surface area contributed by atoms with Crippen molar-refractivity contribution in [2.75, 3.05) is 0 Å². The van der Waals surface area contributed by atoms with Crippen molar-refractivity contribution in [3.05, 3.63) is 35.4 Å². The Hall–Kier alpha value is -1.41. The Labute approximate surface area is 108 Å². The monoisotopic (exact) mass is 309 g/mol. The van der Waals surface area contributed by atoms with Gasteiger partial charge in [-0.05, 0) is 11.1 Å². The number of hydrogen-bond donors (Lipinski definition) is 3. The second-order valence-electron chi connectivity index (χ2n) is 2.34. The molecule has 0 atom stereocenters. The molecule has 97 valence electrons. The Kier molecular flexibility index (Phi) is 9.20. The van der Waals surface area contributed by atoms with Gasteiger partial charge < -0.3 is 23.2 Å². The first-order chi connectivity index (χ1) is 7.34. The first kappa shape index (κ1) is 18.0. The fourth-order valence-electron chi connectivity index (χ4n) is 0.719. The Morgan fingerprint density at radius 2 is 1.35 bits per heavy atom. The molecule has 0 amide bonds. The van der Waals surface area contributed by atoms with Gasteiger partial charge in [-0.1, -0.05) is 0 Å². The van der Waals surface area contributed by atoms with Crippen molar-refractivity contribution in [2.24, 2.45) is 0 Å². The maximum atomic E-state index is 10.4. The van der Waals surface area contributed by atoms with Crippen molar-refractivity contribution in [3.8, 4) is 0 Å². The number of aromatic carboxylic acids is 2. The van der Waals surface area contributed by atoms with E-state index < -0.39 is 22.9 Å². The van der Waals surface area contributed by atoms with E-state index >= 15 is 0 Å². The van der Waals surface area contributed by atoms with E-state index in [1.807, 2.05) is 0 Å². The summed E-state index contributed by atoms with van der Waals surface area (Å²) in [6, 6.07) is 5.95. The molecule has 1 rings (SSSR count). The number of rotatable bonds is 2.